The molecule has 4 heteroatoms. The monoisotopic (exact) mass is 339 g/mol. The molecule has 0 aromatic heterocycles. The van der Waals surface area contributed by atoms with E-state index in [1.54, 1.807) is 24.3 Å². The molecule has 0 fully saturated rings. The number of aromatic hydroxyl groups is 1. The smallest absolute Gasteiger partial charge is 0.115 e. The van der Waals surface area contributed by atoms with Crippen LogP contribution in [0.5, 0.6) is 5.75 Å². The van der Waals surface area contributed by atoms with Crippen molar-refractivity contribution in [2.75, 3.05) is 0 Å². The average molecular weight is 339 g/mol. The quantitative estimate of drug-likeness (QED) is 0.833. The first-order chi connectivity index (χ1) is 9.19. The Kier molecular flexibility index (Phi) is 13.0. The third kappa shape index (κ3) is 8.54. The van der Waals surface area contributed by atoms with Gasteiger partial charge >= 0.3 is 0 Å². The van der Waals surface area contributed by atoms with Crippen LogP contribution < -0.4 is 0 Å². The van der Waals surface area contributed by atoms with Crippen LogP contribution in [0.1, 0.15) is 16.7 Å². The van der Waals surface area contributed by atoms with Gasteiger partial charge in [0.1, 0.15) is 5.75 Å². The third-order valence-electron chi connectivity index (χ3n) is 2.53. The maximum absolute atomic E-state index is 8.82. The number of hydrogen-bond acceptors (Lipinski definition) is 2. The van der Waals surface area contributed by atoms with Crippen molar-refractivity contribution in [3.63, 3.8) is 0 Å². The maximum atomic E-state index is 8.82. The number of benzene rings is 2. The van der Waals surface area contributed by atoms with E-state index in [4.69, 9.17) is 10.2 Å². The Morgan fingerprint density at radius 1 is 0.810 bits per heavy atom. The summed E-state index contributed by atoms with van der Waals surface area (Å²) in [4.78, 5) is 0. The van der Waals surface area contributed by atoms with E-state index in [1.807, 2.05) is 36.4 Å². The molecule has 0 bridgehead atoms. The van der Waals surface area contributed by atoms with Crippen molar-refractivity contribution >= 4 is 22.1 Å². The van der Waals surface area contributed by atoms with Crippen LogP contribution in [0.2, 0.25) is 0 Å². The van der Waals surface area contributed by atoms with Gasteiger partial charge in [-0.1, -0.05) is 61.7 Å². The van der Waals surface area contributed by atoms with Crippen LogP contribution >= 0.6 is 9.90 Å². The molecular formula is C17H21O2PV. The molecule has 0 spiro atoms. The van der Waals surface area contributed by atoms with Crippen LogP contribution in [-0.2, 0) is 25.2 Å². The fraction of sp³-hybridized carbons (Fsp3) is 0.0588. The van der Waals surface area contributed by atoms with Crippen molar-refractivity contribution in [1.82, 2.24) is 0 Å². The van der Waals surface area contributed by atoms with Gasteiger partial charge in [0.2, 0.25) is 0 Å². The zero-order valence-corrected chi connectivity index (χ0v) is 14.8. The number of aliphatic hydroxyl groups excluding tert-OH is 1. The summed E-state index contributed by atoms with van der Waals surface area (Å²) in [6, 6.07) is 14.5. The van der Waals surface area contributed by atoms with Gasteiger partial charge in [0, 0.05) is 18.6 Å². The van der Waals surface area contributed by atoms with Crippen molar-refractivity contribution in [3.05, 3.63) is 78.4 Å². The molecule has 111 valence electrons. The fourth-order valence-electron chi connectivity index (χ4n) is 1.37. The van der Waals surface area contributed by atoms with Crippen LogP contribution in [0.15, 0.2) is 61.7 Å². The van der Waals surface area contributed by atoms with Crippen LogP contribution in [0, 0.1) is 0 Å². The number of hydrogen-bond donors (Lipinski definition) is 2. The van der Waals surface area contributed by atoms with E-state index in [9.17, 15) is 0 Å². The van der Waals surface area contributed by atoms with Gasteiger partial charge in [0.15, 0.2) is 0 Å². The Bertz CT molecular complexity index is 521. The van der Waals surface area contributed by atoms with Crippen LogP contribution in [0.3, 0.4) is 0 Å². The van der Waals surface area contributed by atoms with Crippen LogP contribution in [0.4, 0.5) is 0 Å². The minimum absolute atomic E-state index is 0. The molecule has 2 rings (SSSR count). The SMILES string of the molecule is C=Cc1ccc(CO)cc1.C=Cc1ccc(O)cc1.P.[V]. The molecule has 0 aliphatic carbocycles. The summed E-state index contributed by atoms with van der Waals surface area (Å²) in [5.74, 6) is 0.292. The Labute approximate surface area is 141 Å². The van der Waals surface area contributed by atoms with Gasteiger partial charge in [-0.3, -0.25) is 0 Å². The molecule has 0 saturated heterocycles. The summed E-state index contributed by atoms with van der Waals surface area (Å²) in [7, 11) is 0. The van der Waals surface area contributed by atoms with E-state index in [0.29, 0.717) is 5.75 Å². The van der Waals surface area contributed by atoms with E-state index < -0.39 is 0 Å². The molecule has 2 aromatic carbocycles. The first-order valence-electron chi connectivity index (χ1n) is 5.93. The second-order valence-electron chi connectivity index (χ2n) is 3.90. The first-order valence-corrected chi connectivity index (χ1v) is 5.93. The van der Waals surface area contributed by atoms with E-state index in [-0.39, 0.29) is 35.1 Å². The van der Waals surface area contributed by atoms with Gasteiger partial charge < -0.3 is 10.2 Å². The predicted molar refractivity (Wildman–Crippen MR) is 91.8 cm³/mol. The number of aliphatic hydroxyl groups is 1. The summed E-state index contributed by atoms with van der Waals surface area (Å²) in [6.45, 7) is 7.31. The largest absolute Gasteiger partial charge is 0.508 e. The normalized spacial score (nSPS) is 8.24. The summed E-state index contributed by atoms with van der Waals surface area (Å²) in [5, 5.41) is 17.5. The molecular weight excluding hydrogens is 318 g/mol. The molecule has 0 aliphatic rings. The maximum Gasteiger partial charge on any atom is 0.115 e. The molecule has 21 heavy (non-hydrogen) atoms. The molecule has 1 unspecified atom stereocenters. The van der Waals surface area contributed by atoms with Crippen LogP contribution in [0.25, 0.3) is 12.2 Å². The number of phenols is 1. The minimum atomic E-state index is 0. The van der Waals surface area contributed by atoms with Gasteiger partial charge in [-0.15, -0.1) is 0 Å². The number of phenolic OH excluding ortho intramolecular Hbond substituents is 1. The van der Waals surface area contributed by atoms with Crippen molar-refractivity contribution < 1.29 is 28.8 Å². The zero-order chi connectivity index (χ0) is 14.1. The topological polar surface area (TPSA) is 40.5 Å². The van der Waals surface area contributed by atoms with Crippen molar-refractivity contribution in [2.45, 2.75) is 6.61 Å². The van der Waals surface area contributed by atoms with Crippen molar-refractivity contribution in [2.24, 2.45) is 0 Å². The molecule has 0 aliphatic heterocycles. The summed E-state index contributed by atoms with van der Waals surface area (Å²) in [5.41, 5.74) is 3.04. The molecule has 0 saturated carbocycles. The van der Waals surface area contributed by atoms with E-state index >= 15 is 0 Å². The molecule has 0 heterocycles. The van der Waals surface area contributed by atoms with Crippen molar-refractivity contribution in [3.8, 4) is 5.75 Å². The molecule has 0 amide bonds. The fourth-order valence-corrected chi connectivity index (χ4v) is 1.37. The summed E-state index contributed by atoms with van der Waals surface area (Å²) < 4.78 is 0. The Morgan fingerprint density at radius 3 is 1.52 bits per heavy atom. The Hall–Kier alpha value is -1.31. The minimum Gasteiger partial charge on any atom is -0.508 e. The van der Waals surface area contributed by atoms with Gasteiger partial charge in [-0.2, -0.15) is 9.90 Å². The third-order valence-corrected chi connectivity index (χ3v) is 2.53. The standard InChI is InChI=1S/C9H10O.C8H8O.H3P.V/c1-2-8-3-5-9(7-10)6-4-8;1-2-7-3-5-8(9)6-4-7;;/h2-6,10H,1,7H2;2-6,9H,1H2;1H3;. The number of rotatable bonds is 3. The Balaban J connectivity index is 0. The van der Waals surface area contributed by atoms with Crippen LogP contribution in [-0.4, -0.2) is 10.2 Å². The first kappa shape index (κ1) is 22.0. The van der Waals surface area contributed by atoms with E-state index in [2.05, 4.69) is 13.2 Å². The van der Waals surface area contributed by atoms with E-state index in [1.165, 1.54) is 0 Å². The molecule has 2 aromatic rings. The average Bonchev–Trinajstić information content (AvgIpc) is 2.49. The second kappa shape index (κ2) is 12.4. The van der Waals surface area contributed by atoms with Crippen molar-refractivity contribution in [1.29, 1.82) is 0 Å². The van der Waals surface area contributed by atoms with E-state index in [0.717, 1.165) is 16.7 Å². The zero-order valence-electron chi connectivity index (χ0n) is 11.9. The van der Waals surface area contributed by atoms with Gasteiger partial charge in [0.25, 0.3) is 0 Å². The van der Waals surface area contributed by atoms with Gasteiger partial charge in [-0.25, -0.2) is 0 Å². The Morgan fingerprint density at radius 2 is 1.19 bits per heavy atom. The van der Waals surface area contributed by atoms with Gasteiger partial charge in [0.05, 0.1) is 6.61 Å². The molecule has 2 N–H and O–H groups in total. The predicted octanol–water partition coefficient (Wildman–Crippen LogP) is 3.91. The van der Waals surface area contributed by atoms with Gasteiger partial charge in [-0.05, 0) is 28.8 Å². The summed E-state index contributed by atoms with van der Waals surface area (Å²) in [6.07, 6.45) is 3.51. The molecule has 1 atom stereocenters. The molecule has 2 nitrogen and oxygen atoms in total. The summed E-state index contributed by atoms with van der Waals surface area (Å²) >= 11 is 0. The second-order valence-corrected chi connectivity index (χ2v) is 3.90. The molecule has 1 radical (unpaired) electrons.